The van der Waals surface area contributed by atoms with Crippen LogP contribution in [0.5, 0.6) is 0 Å². The summed E-state index contributed by atoms with van der Waals surface area (Å²) in [5, 5.41) is 3.15. The van der Waals surface area contributed by atoms with Crippen LogP contribution in [-0.2, 0) is 0 Å². The van der Waals surface area contributed by atoms with Crippen LogP contribution < -0.4 is 15.1 Å². The molecule has 0 aromatic carbocycles. The SMILES string of the molecule is CCNc1nc(N(C)C)nc(N(C)CC2CC2)n1. The maximum Gasteiger partial charge on any atom is 0.231 e. The third-order valence-electron chi connectivity index (χ3n) is 2.92. The summed E-state index contributed by atoms with van der Waals surface area (Å²) in [6.45, 7) is 3.87. The highest BCUT2D eigenvalue weighted by molar-refractivity contribution is 5.44. The number of nitrogens with one attached hydrogen (secondary N) is 1. The summed E-state index contributed by atoms with van der Waals surface area (Å²) in [4.78, 5) is 17.3. The van der Waals surface area contributed by atoms with E-state index in [2.05, 4.69) is 25.2 Å². The molecule has 0 atom stereocenters. The van der Waals surface area contributed by atoms with E-state index in [-0.39, 0.29) is 0 Å². The van der Waals surface area contributed by atoms with Gasteiger partial charge in [-0.3, -0.25) is 0 Å². The minimum atomic E-state index is 0.647. The third-order valence-corrected chi connectivity index (χ3v) is 2.92. The zero-order valence-corrected chi connectivity index (χ0v) is 11.6. The standard InChI is InChI=1S/C12H22N6/c1-5-13-10-14-11(17(2)3)16-12(15-10)18(4)8-9-6-7-9/h9H,5-8H2,1-4H3,(H,13,14,15,16). The Hall–Kier alpha value is -1.59. The van der Waals surface area contributed by atoms with Crippen LogP contribution in [0.4, 0.5) is 17.8 Å². The van der Waals surface area contributed by atoms with Crippen LogP contribution in [0.15, 0.2) is 0 Å². The number of nitrogens with zero attached hydrogens (tertiary/aromatic N) is 5. The number of rotatable bonds is 6. The summed E-state index contributed by atoms with van der Waals surface area (Å²) in [7, 11) is 5.92. The minimum Gasteiger partial charge on any atom is -0.354 e. The fraction of sp³-hybridized carbons (Fsp3) is 0.750. The Balaban J connectivity index is 2.20. The Morgan fingerprint density at radius 3 is 2.33 bits per heavy atom. The van der Waals surface area contributed by atoms with Crippen LogP contribution in [0.25, 0.3) is 0 Å². The van der Waals surface area contributed by atoms with Gasteiger partial charge in [-0.25, -0.2) is 0 Å². The molecular weight excluding hydrogens is 228 g/mol. The molecule has 0 radical (unpaired) electrons. The molecule has 6 nitrogen and oxygen atoms in total. The van der Waals surface area contributed by atoms with Crippen molar-refractivity contribution >= 4 is 17.8 Å². The smallest absolute Gasteiger partial charge is 0.231 e. The molecule has 0 saturated heterocycles. The monoisotopic (exact) mass is 250 g/mol. The molecule has 0 spiro atoms. The van der Waals surface area contributed by atoms with Crippen LogP contribution in [0.1, 0.15) is 19.8 Å². The van der Waals surface area contributed by atoms with Crippen LogP contribution in [0, 0.1) is 5.92 Å². The molecule has 6 heteroatoms. The highest BCUT2D eigenvalue weighted by Crippen LogP contribution is 2.30. The van der Waals surface area contributed by atoms with E-state index in [1.807, 2.05) is 33.0 Å². The first kappa shape index (κ1) is 12.9. The maximum atomic E-state index is 4.49. The van der Waals surface area contributed by atoms with Crippen molar-refractivity contribution in [1.82, 2.24) is 15.0 Å². The van der Waals surface area contributed by atoms with Crippen molar-refractivity contribution in [2.45, 2.75) is 19.8 Å². The molecular formula is C12H22N6. The summed E-state index contributed by atoms with van der Waals surface area (Å²) >= 11 is 0. The molecule has 0 amide bonds. The number of hydrogen-bond donors (Lipinski definition) is 1. The average molecular weight is 250 g/mol. The highest BCUT2D eigenvalue weighted by Gasteiger charge is 2.24. The second-order valence-corrected chi connectivity index (χ2v) is 5.01. The zero-order valence-electron chi connectivity index (χ0n) is 11.6. The van der Waals surface area contributed by atoms with Crippen LogP contribution in [0.2, 0.25) is 0 Å². The summed E-state index contributed by atoms with van der Waals surface area (Å²) < 4.78 is 0. The summed E-state index contributed by atoms with van der Waals surface area (Å²) in [6, 6.07) is 0. The first-order chi connectivity index (χ1) is 8.60. The molecule has 0 bridgehead atoms. The van der Waals surface area contributed by atoms with E-state index in [9.17, 15) is 0 Å². The van der Waals surface area contributed by atoms with Gasteiger partial charge in [-0.15, -0.1) is 0 Å². The molecule has 2 rings (SSSR count). The van der Waals surface area contributed by atoms with E-state index in [0.29, 0.717) is 11.9 Å². The molecule has 1 fully saturated rings. The Morgan fingerprint density at radius 2 is 1.78 bits per heavy atom. The predicted octanol–water partition coefficient (Wildman–Crippen LogP) is 1.22. The topological polar surface area (TPSA) is 57.2 Å². The van der Waals surface area contributed by atoms with Crippen LogP contribution in [-0.4, -0.2) is 49.2 Å². The van der Waals surface area contributed by atoms with Crippen molar-refractivity contribution in [3.63, 3.8) is 0 Å². The molecule has 100 valence electrons. The fourth-order valence-corrected chi connectivity index (χ4v) is 1.73. The molecule has 1 heterocycles. The lowest BCUT2D eigenvalue weighted by atomic mass is 10.4. The molecule has 1 N–H and O–H groups in total. The summed E-state index contributed by atoms with van der Waals surface area (Å²) in [5.74, 6) is 2.90. The van der Waals surface area contributed by atoms with Gasteiger partial charge < -0.3 is 15.1 Å². The number of aromatic nitrogens is 3. The van der Waals surface area contributed by atoms with Crippen molar-refractivity contribution in [2.24, 2.45) is 5.92 Å². The molecule has 1 aliphatic carbocycles. The molecule has 1 aliphatic rings. The van der Waals surface area contributed by atoms with E-state index >= 15 is 0 Å². The van der Waals surface area contributed by atoms with Gasteiger partial charge in [-0.2, -0.15) is 15.0 Å². The lowest BCUT2D eigenvalue weighted by Crippen LogP contribution is -2.25. The highest BCUT2D eigenvalue weighted by atomic mass is 15.3. The van der Waals surface area contributed by atoms with E-state index in [0.717, 1.165) is 25.0 Å². The lowest BCUT2D eigenvalue weighted by molar-refractivity contribution is 0.758. The van der Waals surface area contributed by atoms with Crippen molar-refractivity contribution < 1.29 is 0 Å². The van der Waals surface area contributed by atoms with Crippen molar-refractivity contribution in [1.29, 1.82) is 0 Å². The first-order valence-electron chi connectivity index (χ1n) is 6.48. The van der Waals surface area contributed by atoms with Gasteiger partial charge in [-0.1, -0.05) is 0 Å². The van der Waals surface area contributed by atoms with Crippen LogP contribution in [0.3, 0.4) is 0 Å². The Kier molecular flexibility index (Phi) is 3.84. The van der Waals surface area contributed by atoms with Crippen molar-refractivity contribution in [2.75, 3.05) is 49.3 Å². The largest absolute Gasteiger partial charge is 0.354 e. The quantitative estimate of drug-likeness (QED) is 0.819. The molecule has 1 saturated carbocycles. The van der Waals surface area contributed by atoms with Crippen molar-refractivity contribution in [3.05, 3.63) is 0 Å². The summed E-state index contributed by atoms with van der Waals surface area (Å²) in [6.07, 6.45) is 2.66. The van der Waals surface area contributed by atoms with Gasteiger partial charge in [0.1, 0.15) is 0 Å². The van der Waals surface area contributed by atoms with Gasteiger partial charge >= 0.3 is 0 Å². The molecule has 1 aromatic heterocycles. The van der Waals surface area contributed by atoms with Crippen molar-refractivity contribution in [3.8, 4) is 0 Å². The Morgan fingerprint density at radius 1 is 1.11 bits per heavy atom. The molecule has 0 aliphatic heterocycles. The molecule has 18 heavy (non-hydrogen) atoms. The Bertz CT molecular complexity index is 402. The fourth-order valence-electron chi connectivity index (χ4n) is 1.73. The normalized spacial score (nSPS) is 14.4. The van der Waals surface area contributed by atoms with Gasteiger partial charge in [-0.05, 0) is 25.7 Å². The lowest BCUT2D eigenvalue weighted by Gasteiger charge is -2.19. The summed E-state index contributed by atoms with van der Waals surface area (Å²) in [5.41, 5.74) is 0. The Labute approximate surface area is 108 Å². The number of hydrogen-bond acceptors (Lipinski definition) is 6. The van der Waals surface area contributed by atoms with E-state index in [4.69, 9.17) is 0 Å². The van der Waals surface area contributed by atoms with E-state index in [1.165, 1.54) is 12.8 Å². The predicted molar refractivity (Wildman–Crippen MR) is 74.3 cm³/mol. The molecule has 1 aromatic rings. The van der Waals surface area contributed by atoms with Gasteiger partial charge in [0.2, 0.25) is 17.8 Å². The van der Waals surface area contributed by atoms with E-state index in [1.54, 1.807) is 0 Å². The first-order valence-corrected chi connectivity index (χ1v) is 6.48. The second-order valence-electron chi connectivity index (χ2n) is 5.01. The average Bonchev–Trinajstić information content (AvgIpc) is 3.13. The zero-order chi connectivity index (χ0) is 13.1. The third kappa shape index (κ3) is 3.21. The maximum absolute atomic E-state index is 4.49. The van der Waals surface area contributed by atoms with Crippen LogP contribution >= 0.6 is 0 Å². The van der Waals surface area contributed by atoms with Gasteiger partial charge in [0.05, 0.1) is 0 Å². The minimum absolute atomic E-state index is 0.647. The van der Waals surface area contributed by atoms with Gasteiger partial charge in [0.25, 0.3) is 0 Å². The second kappa shape index (κ2) is 5.37. The van der Waals surface area contributed by atoms with Gasteiger partial charge in [0, 0.05) is 34.2 Å². The molecule has 0 unspecified atom stereocenters. The van der Waals surface area contributed by atoms with E-state index < -0.39 is 0 Å². The van der Waals surface area contributed by atoms with Gasteiger partial charge in [0.15, 0.2) is 0 Å². The number of anilines is 3.